The van der Waals surface area contributed by atoms with Gasteiger partial charge >= 0.3 is 5.97 Å². The van der Waals surface area contributed by atoms with E-state index in [2.05, 4.69) is 5.16 Å². The Hall–Kier alpha value is -1.85. The van der Waals surface area contributed by atoms with Gasteiger partial charge in [0.1, 0.15) is 0 Å². The van der Waals surface area contributed by atoms with Crippen LogP contribution in [0.4, 0.5) is 0 Å². The standard InChI is InChI=1S/C10H14N2O4/c1-3-12(5-4-9(13)14)10(15)8-6-7(2)11-16-8/h6H,3-5H2,1-2H3,(H,13,14). The van der Waals surface area contributed by atoms with Crippen LogP contribution in [0.1, 0.15) is 29.6 Å². The molecule has 88 valence electrons. The highest BCUT2D eigenvalue weighted by Gasteiger charge is 2.18. The molecule has 0 bridgehead atoms. The van der Waals surface area contributed by atoms with E-state index < -0.39 is 5.97 Å². The molecule has 1 aromatic heterocycles. The van der Waals surface area contributed by atoms with E-state index in [0.29, 0.717) is 12.2 Å². The van der Waals surface area contributed by atoms with Crippen LogP contribution in [0.5, 0.6) is 0 Å². The monoisotopic (exact) mass is 226 g/mol. The molecule has 1 aromatic rings. The van der Waals surface area contributed by atoms with Crippen molar-refractivity contribution in [2.24, 2.45) is 0 Å². The second kappa shape index (κ2) is 5.29. The second-order valence-corrected chi connectivity index (χ2v) is 3.36. The Bertz CT molecular complexity index is 386. The van der Waals surface area contributed by atoms with E-state index in [1.807, 2.05) is 0 Å². The minimum absolute atomic E-state index is 0.0767. The maximum Gasteiger partial charge on any atom is 0.305 e. The SMILES string of the molecule is CCN(CCC(=O)O)C(=O)c1cc(C)no1. The molecule has 0 aliphatic rings. The molecule has 6 heteroatoms. The zero-order valence-corrected chi connectivity index (χ0v) is 9.27. The summed E-state index contributed by atoms with van der Waals surface area (Å²) in [6, 6.07) is 1.53. The molecule has 1 rings (SSSR count). The van der Waals surface area contributed by atoms with E-state index in [1.165, 1.54) is 11.0 Å². The fraction of sp³-hybridized carbons (Fsp3) is 0.500. The van der Waals surface area contributed by atoms with E-state index in [-0.39, 0.29) is 24.6 Å². The Morgan fingerprint density at radius 1 is 1.56 bits per heavy atom. The van der Waals surface area contributed by atoms with Gasteiger partial charge in [-0.15, -0.1) is 0 Å². The first-order valence-corrected chi connectivity index (χ1v) is 4.99. The van der Waals surface area contributed by atoms with Gasteiger partial charge in [-0.3, -0.25) is 9.59 Å². The summed E-state index contributed by atoms with van der Waals surface area (Å²) in [5.74, 6) is -1.12. The van der Waals surface area contributed by atoms with E-state index in [4.69, 9.17) is 9.63 Å². The fourth-order valence-electron chi connectivity index (χ4n) is 1.25. The van der Waals surface area contributed by atoms with Gasteiger partial charge < -0.3 is 14.5 Å². The maximum atomic E-state index is 11.8. The Balaban J connectivity index is 2.66. The largest absolute Gasteiger partial charge is 0.481 e. The summed E-state index contributed by atoms with van der Waals surface area (Å²) in [7, 11) is 0. The predicted octanol–water partition coefficient (Wildman–Crippen LogP) is 0.920. The number of carbonyl (C=O) groups excluding carboxylic acids is 1. The minimum Gasteiger partial charge on any atom is -0.481 e. The van der Waals surface area contributed by atoms with Crippen molar-refractivity contribution in [2.75, 3.05) is 13.1 Å². The lowest BCUT2D eigenvalue weighted by Crippen LogP contribution is -2.32. The molecule has 0 atom stereocenters. The average molecular weight is 226 g/mol. The van der Waals surface area contributed by atoms with Crippen LogP contribution in [-0.4, -0.2) is 40.1 Å². The van der Waals surface area contributed by atoms with Crippen molar-refractivity contribution >= 4 is 11.9 Å². The number of aliphatic carboxylic acids is 1. The molecule has 16 heavy (non-hydrogen) atoms. The Labute approximate surface area is 92.8 Å². The van der Waals surface area contributed by atoms with Crippen molar-refractivity contribution < 1.29 is 19.2 Å². The topological polar surface area (TPSA) is 83.6 Å². The van der Waals surface area contributed by atoms with Gasteiger partial charge in [0.25, 0.3) is 5.91 Å². The van der Waals surface area contributed by atoms with Crippen LogP contribution in [-0.2, 0) is 4.79 Å². The minimum atomic E-state index is -0.931. The third-order valence-electron chi connectivity index (χ3n) is 2.10. The van der Waals surface area contributed by atoms with Gasteiger partial charge in [0.2, 0.25) is 5.76 Å². The number of aromatic nitrogens is 1. The normalized spacial score (nSPS) is 10.1. The third kappa shape index (κ3) is 3.08. The van der Waals surface area contributed by atoms with Crippen LogP contribution < -0.4 is 0 Å². The molecule has 0 fully saturated rings. The quantitative estimate of drug-likeness (QED) is 0.807. The van der Waals surface area contributed by atoms with Gasteiger partial charge in [-0.25, -0.2) is 0 Å². The summed E-state index contributed by atoms with van der Waals surface area (Å²) in [5.41, 5.74) is 0.623. The van der Waals surface area contributed by atoms with Crippen molar-refractivity contribution in [3.8, 4) is 0 Å². The highest BCUT2D eigenvalue weighted by Crippen LogP contribution is 2.07. The molecule has 0 saturated heterocycles. The van der Waals surface area contributed by atoms with Crippen LogP contribution in [0.2, 0.25) is 0 Å². The molecule has 0 unspecified atom stereocenters. The van der Waals surface area contributed by atoms with Crippen molar-refractivity contribution in [1.82, 2.24) is 10.1 Å². The molecular formula is C10H14N2O4. The van der Waals surface area contributed by atoms with Crippen LogP contribution in [0.3, 0.4) is 0 Å². The summed E-state index contributed by atoms with van der Waals surface area (Å²) in [6.45, 7) is 4.10. The Morgan fingerprint density at radius 2 is 2.25 bits per heavy atom. The smallest absolute Gasteiger partial charge is 0.305 e. The molecule has 0 radical (unpaired) electrons. The molecule has 1 heterocycles. The van der Waals surface area contributed by atoms with Crippen LogP contribution in [0.25, 0.3) is 0 Å². The van der Waals surface area contributed by atoms with Gasteiger partial charge in [-0.2, -0.15) is 0 Å². The van der Waals surface area contributed by atoms with Crippen molar-refractivity contribution in [3.05, 3.63) is 17.5 Å². The van der Waals surface area contributed by atoms with Crippen LogP contribution in [0.15, 0.2) is 10.6 Å². The molecule has 0 aliphatic heterocycles. The lowest BCUT2D eigenvalue weighted by molar-refractivity contribution is -0.137. The predicted molar refractivity (Wildman–Crippen MR) is 55.1 cm³/mol. The number of aryl methyl sites for hydroxylation is 1. The molecule has 6 nitrogen and oxygen atoms in total. The van der Waals surface area contributed by atoms with Gasteiger partial charge in [-0.1, -0.05) is 5.16 Å². The molecule has 0 saturated carbocycles. The number of carboxylic acids is 1. The fourth-order valence-corrected chi connectivity index (χ4v) is 1.25. The molecule has 0 aliphatic carbocycles. The van der Waals surface area contributed by atoms with Gasteiger partial charge in [0.05, 0.1) is 12.1 Å². The molecule has 0 aromatic carbocycles. The van der Waals surface area contributed by atoms with E-state index >= 15 is 0 Å². The van der Waals surface area contributed by atoms with Crippen LogP contribution >= 0.6 is 0 Å². The van der Waals surface area contributed by atoms with E-state index in [1.54, 1.807) is 13.8 Å². The zero-order valence-electron chi connectivity index (χ0n) is 9.27. The summed E-state index contributed by atoms with van der Waals surface area (Å²) < 4.78 is 4.83. The first kappa shape index (κ1) is 12.2. The molecule has 1 N–H and O–H groups in total. The summed E-state index contributed by atoms with van der Waals surface area (Å²) in [5, 5.41) is 12.2. The second-order valence-electron chi connectivity index (χ2n) is 3.36. The van der Waals surface area contributed by atoms with Gasteiger partial charge in [0, 0.05) is 19.2 Å². The lowest BCUT2D eigenvalue weighted by atomic mass is 10.3. The first-order chi connectivity index (χ1) is 7.54. The number of rotatable bonds is 5. The first-order valence-electron chi connectivity index (χ1n) is 4.99. The van der Waals surface area contributed by atoms with Gasteiger partial charge in [-0.05, 0) is 13.8 Å². The van der Waals surface area contributed by atoms with Crippen LogP contribution in [0, 0.1) is 6.92 Å². The number of hydrogen-bond donors (Lipinski definition) is 1. The van der Waals surface area contributed by atoms with Crippen molar-refractivity contribution in [2.45, 2.75) is 20.3 Å². The molecular weight excluding hydrogens is 212 g/mol. The number of amides is 1. The number of carboxylic acid groups (broad SMARTS) is 1. The summed E-state index contributed by atoms with van der Waals surface area (Å²) in [6.07, 6.45) is -0.0767. The number of nitrogens with zero attached hydrogens (tertiary/aromatic N) is 2. The summed E-state index contributed by atoms with van der Waals surface area (Å²) >= 11 is 0. The average Bonchev–Trinajstić information content (AvgIpc) is 2.65. The molecule has 1 amide bonds. The summed E-state index contributed by atoms with van der Waals surface area (Å²) in [4.78, 5) is 23.6. The highest BCUT2D eigenvalue weighted by molar-refractivity contribution is 5.91. The third-order valence-corrected chi connectivity index (χ3v) is 2.10. The van der Waals surface area contributed by atoms with E-state index in [9.17, 15) is 9.59 Å². The molecule has 0 spiro atoms. The maximum absolute atomic E-state index is 11.8. The Kier molecular flexibility index (Phi) is 4.04. The lowest BCUT2D eigenvalue weighted by Gasteiger charge is -2.17. The van der Waals surface area contributed by atoms with Gasteiger partial charge in [0.15, 0.2) is 0 Å². The number of carbonyl (C=O) groups is 2. The zero-order chi connectivity index (χ0) is 12.1. The van der Waals surface area contributed by atoms with E-state index in [0.717, 1.165) is 0 Å². The van der Waals surface area contributed by atoms with Crippen molar-refractivity contribution in [3.63, 3.8) is 0 Å². The highest BCUT2D eigenvalue weighted by atomic mass is 16.5. The Morgan fingerprint density at radius 3 is 2.69 bits per heavy atom. The number of hydrogen-bond acceptors (Lipinski definition) is 4. The van der Waals surface area contributed by atoms with Crippen molar-refractivity contribution in [1.29, 1.82) is 0 Å².